The summed E-state index contributed by atoms with van der Waals surface area (Å²) in [6.07, 6.45) is -0.201. The molecule has 0 spiro atoms. The highest BCUT2D eigenvalue weighted by Gasteiger charge is 2.33. The van der Waals surface area contributed by atoms with Crippen LogP contribution in [-0.4, -0.2) is 22.1 Å². The molecule has 1 amide bonds. The zero-order valence-electron chi connectivity index (χ0n) is 15.5. The molecule has 0 fully saturated rings. The molecule has 2 heterocycles. The number of hydrazone groups is 1. The third-order valence-electron chi connectivity index (χ3n) is 3.95. The van der Waals surface area contributed by atoms with E-state index in [0.29, 0.717) is 21.8 Å². The van der Waals surface area contributed by atoms with Crippen LogP contribution in [0.3, 0.4) is 0 Å². The van der Waals surface area contributed by atoms with Crippen molar-refractivity contribution in [2.75, 3.05) is 5.32 Å². The second-order valence-corrected chi connectivity index (χ2v) is 6.60. The number of aryl methyl sites for hydroxylation is 1. The zero-order chi connectivity index (χ0) is 21.7. The van der Waals surface area contributed by atoms with Gasteiger partial charge in [0.15, 0.2) is 0 Å². The number of anilines is 2. The minimum atomic E-state index is -4.67. The number of hydrogen-bond donors (Lipinski definition) is 2. The minimum absolute atomic E-state index is 0.120. The lowest BCUT2D eigenvalue weighted by atomic mass is 10.1. The summed E-state index contributed by atoms with van der Waals surface area (Å²) in [6.45, 7) is 1.74. The van der Waals surface area contributed by atoms with Gasteiger partial charge in [-0.05, 0) is 42.8 Å². The van der Waals surface area contributed by atoms with E-state index in [9.17, 15) is 18.0 Å². The second-order valence-electron chi connectivity index (χ2n) is 6.16. The Morgan fingerprint density at radius 3 is 2.70 bits per heavy atom. The van der Waals surface area contributed by atoms with Crippen molar-refractivity contribution in [2.45, 2.75) is 13.1 Å². The molecule has 2 aromatic heterocycles. The number of carbonyl (C=O) groups is 1. The second kappa shape index (κ2) is 8.91. The first kappa shape index (κ1) is 21.3. The summed E-state index contributed by atoms with van der Waals surface area (Å²) in [7, 11) is 0. The lowest BCUT2D eigenvalue weighted by molar-refractivity contribution is -0.141. The molecule has 0 aliphatic heterocycles. The number of carbonyl (C=O) groups excluding carboxylic acids is 1. The molecule has 154 valence electrons. The molecule has 1 aromatic carbocycles. The van der Waals surface area contributed by atoms with Crippen LogP contribution in [0.1, 0.15) is 27.2 Å². The Hall–Kier alpha value is -3.46. The first-order valence-corrected chi connectivity index (χ1v) is 8.96. The standard InChI is InChI=1S/C20H15ClF3N5O/c1-12-4-5-14(21)9-16(12)27-18-15(6-7-17(28-18)20(22,23)24)19(30)29-26-11-13-3-2-8-25-10-13/h2-11H,1H3,(H,27,28)(H,29,30)/b26-11+. The molecule has 10 heteroatoms. The van der Waals surface area contributed by atoms with E-state index in [1.807, 2.05) is 0 Å². The molecule has 0 aliphatic rings. The number of amides is 1. The van der Waals surface area contributed by atoms with Crippen LogP contribution in [0.25, 0.3) is 0 Å². The van der Waals surface area contributed by atoms with E-state index in [-0.39, 0.29) is 11.4 Å². The van der Waals surface area contributed by atoms with Gasteiger partial charge in [0.2, 0.25) is 0 Å². The van der Waals surface area contributed by atoms with E-state index in [1.165, 1.54) is 18.5 Å². The van der Waals surface area contributed by atoms with Crippen molar-refractivity contribution in [1.82, 2.24) is 15.4 Å². The van der Waals surface area contributed by atoms with Crippen LogP contribution >= 0.6 is 11.6 Å². The molecule has 0 saturated carbocycles. The molecule has 30 heavy (non-hydrogen) atoms. The summed E-state index contributed by atoms with van der Waals surface area (Å²) in [5.74, 6) is -1.01. The zero-order valence-corrected chi connectivity index (χ0v) is 16.3. The number of benzene rings is 1. The smallest absolute Gasteiger partial charge is 0.339 e. The van der Waals surface area contributed by atoms with Crippen LogP contribution in [0.4, 0.5) is 24.7 Å². The van der Waals surface area contributed by atoms with Crippen molar-refractivity contribution in [3.8, 4) is 0 Å². The summed E-state index contributed by atoms with van der Waals surface area (Å²) in [4.78, 5) is 20.0. The molecule has 0 atom stereocenters. The number of alkyl halides is 3. The van der Waals surface area contributed by atoms with Crippen molar-refractivity contribution >= 4 is 35.2 Å². The van der Waals surface area contributed by atoms with Crippen LogP contribution in [0.15, 0.2) is 60.0 Å². The minimum Gasteiger partial charge on any atom is -0.339 e. The van der Waals surface area contributed by atoms with Gasteiger partial charge in [0.25, 0.3) is 5.91 Å². The summed E-state index contributed by atoms with van der Waals surface area (Å²) < 4.78 is 39.4. The fraction of sp³-hybridized carbons (Fsp3) is 0.100. The van der Waals surface area contributed by atoms with Gasteiger partial charge < -0.3 is 5.32 Å². The molecule has 0 radical (unpaired) electrons. The van der Waals surface area contributed by atoms with Gasteiger partial charge in [0.05, 0.1) is 11.8 Å². The number of halogens is 4. The Labute approximate surface area is 174 Å². The fourth-order valence-corrected chi connectivity index (χ4v) is 2.60. The van der Waals surface area contributed by atoms with Gasteiger partial charge >= 0.3 is 6.18 Å². The molecular formula is C20H15ClF3N5O. The Balaban J connectivity index is 1.91. The van der Waals surface area contributed by atoms with Gasteiger partial charge in [0.1, 0.15) is 11.5 Å². The van der Waals surface area contributed by atoms with Gasteiger partial charge in [0, 0.05) is 28.7 Å². The van der Waals surface area contributed by atoms with E-state index in [1.54, 1.807) is 37.4 Å². The fourth-order valence-electron chi connectivity index (χ4n) is 2.43. The normalized spacial score (nSPS) is 11.5. The van der Waals surface area contributed by atoms with E-state index in [4.69, 9.17) is 11.6 Å². The molecule has 0 saturated heterocycles. The van der Waals surface area contributed by atoms with Crippen molar-refractivity contribution in [3.63, 3.8) is 0 Å². The SMILES string of the molecule is Cc1ccc(Cl)cc1Nc1nc(C(F)(F)F)ccc1C(=O)N/N=C/c1cccnc1. The van der Waals surface area contributed by atoms with Crippen molar-refractivity contribution < 1.29 is 18.0 Å². The van der Waals surface area contributed by atoms with Crippen LogP contribution < -0.4 is 10.7 Å². The molecular weight excluding hydrogens is 419 g/mol. The van der Waals surface area contributed by atoms with Gasteiger partial charge in [-0.2, -0.15) is 18.3 Å². The largest absolute Gasteiger partial charge is 0.433 e. The highest BCUT2D eigenvalue weighted by Crippen LogP contribution is 2.31. The van der Waals surface area contributed by atoms with Crippen LogP contribution in [0.5, 0.6) is 0 Å². The molecule has 0 unspecified atom stereocenters. The van der Waals surface area contributed by atoms with Crippen LogP contribution in [0.2, 0.25) is 5.02 Å². The average Bonchev–Trinajstić information content (AvgIpc) is 2.71. The Bertz CT molecular complexity index is 1090. The molecule has 0 bridgehead atoms. The molecule has 2 N–H and O–H groups in total. The molecule has 0 aliphatic carbocycles. The van der Waals surface area contributed by atoms with Gasteiger partial charge in [-0.1, -0.05) is 23.7 Å². The predicted octanol–water partition coefficient (Wildman–Crippen LogP) is 4.96. The quantitative estimate of drug-likeness (QED) is 0.440. The Kier molecular flexibility index (Phi) is 6.31. The van der Waals surface area contributed by atoms with Gasteiger partial charge in [-0.3, -0.25) is 9.78 Å². The topological polar surface area (TPSA) is 79.3 Å². The van der Waals surface area contributed by atoms with Crippen molar-refractivity contribution in [3.05, 3.63) is 82.3 Å². The van der Waals surface area contributed by atoms with Gasteiger partial charge in [-0.15, -0.1) is 0 Å². The average molecular weight is 434 g/mol. The number of nitrogens with zero attached hydrogens (tertiary/aromatic N) is 3. The number of aromatic nitrogens is 2. The number of pyridine rings is 2. The summed E-state index contributed by atoms with van der Waals surface area (Å²) >= 11 is 5.97. The van der Waals surface area contributed by atoms with E-state index < -0.39 is 17.8 Å². The number of hydrogen-bond acceptors (Lipinski definition) is 5. The highest BCUT2D eigenvalue weighted by atomic mass is 35.5. The summed E-state index contributed by atoms with van der Waals surface area (Å²) in [5, 5.41) is 6.95. The van der Waals surface area contributed by atoms with Crippen molar-refractivity contribution in [2.24, 2.45) is 5.10 Å². The Morgan fingerprint density at radius 2 is 2.00 bits per heavy atom. The van der Waals surface area contributed by atoms with Gasteiger partial charge in [-0.25, -0.2) is 10.4 Å². The summed E-state index contributed by atoms with van der Waals surface area (Å²) in [5.41, 5.74) is 2.78. The first-order valence-electron chi connectivity index (χ1n) is 8.59. The van der Waals surface area contributed by atoms with Crippen LogP contribution in [-0.2, 0) is 6.18 Å². The van der Waals surface area contributed by atoms with E-state index in [0.717, 1.165) is 12.1 Å². The number of rotatable bonds is 5. The van der Waals surface area contributed by atoms with Crippen LogP contribution in [0, 0.1) is 6.92 Å². The number of nitrogens with one attached hydrogen (secondary N) is 2. The molecule has 3 rings (SSSR count). The van der Waals surface area contributed by atoms with Crippen molar-refractivity contribution in [1.29, 1.82) is 0 Å². The third kappa shape index (κ3) is 5.32. The highest BCUT2D eigenvalue weighted by molar-refractivity contribution is 6.30. The maximum Gasteiger partial charge on any atom is 0.433 e. The Morgan fingerprint density at radius 1 is 1.20 bits per heavy atom. The molecule has 6 nitrogen and oxygen atoms in total. The lowest BCUT2D eigenvalue weighted by Gasteiger charge is -2.15. The monoisotopic (exact) mass is 433 g/mol. The molecule has 3 aromatic rings. The third-order valence-corrected chi connectivity index (χ3v) is 4.18. The lowest BCUT2D eigenvalue weighted by Crippen LogP contribution is -2.21. The summed E-state index contributed by atoms with van der Waals surface area (Å²) in [6, 6.07) is 10.0. The first-order chi connectivity index (χ1) is 14.2. The predicted molar refractivity (Wildman–Crippen MR) is 108 cm³/mol. The maximum absolute atomic E-state index is 13.1. The van der Waals surface area contributed by atoms with E-state index >= 15 is 0 Å². The van der Waals surface area contributed by atoms with E-state index in [2.05, 4.69) is 25.8 Å². The maximum atomic E-state index is 13.1.